The number of carbonyl (C=O) groups excluding carboxylic acids is 1. The molecule has 4 rings (SSSR count). The van der Waals surface area contributed by atoms with Crippen LogP contribution < -0.4 is 20.1 Å². The van der Waals surface area contributed by atoms with E-state index in [2.05, 4.69) is 15.4 Å². The number of benzene rings is 1. The van der Waals surface area contributed by atoms with Crippen LogP contribution in [0.15, 0.2) is 29.3 Å². The summed E-state index contributed by atoms with van der Waals surface area (Å²) in [6.45, 7) is 3.24. The molecular formula is C19H24ClFN4O4S. The molecule has 0 bridgehead atoms. The molecule has 2 aromatic rings. The van der Waals surface area contributed by atoms with Crippen LogP contribution in [-0.4, -0.2) is 44.6 Å². The van der Waals surface area contributed by atoms with Crippen LogP contribution in [0, 0.1) is 18.7 Å². The molecule has 0 radical (unpaired) electrons. The molecule has 8 nitrogen and oxygen atoms in total. The van der Waals surface area contributed by atoms with Gasteiger partial charge in [0.05, 0.1) is 6.61 Å². The molecule has 2 aliphatic rings. The molecule has 30 heavy (non-hydrogen) atoms. The molecule has 2 atom stereocenters. The maximum absolute atomic E-state index is 13.5. The van der Waals surface area contributed by atoms with E-state index in [4.69, 9.17) is 4.74 Å². The van der Waals surface area contributed by atoms with Gasteiger partial charge in [-0.05, 0) is 43.7 Å². The highest BCUT2D eigenvalue weighted by molar-refractivity contribution is 7.89. The van der Waals surface area contributed by atoms with Gasteiger partial charge in [-0.1, -0.05) is 0 Å². The predicted molar refractivity (Wildman–Crippen MR) is 112 cm³/mol. The molecule has 1 fully saturated rings. The molecule has 164 valence electrons. The van der Waals surface area contributed by atoms with Gasteiger partial charge in [-0.15, -0.1) is 12.4 Å². The van der Waals surface area contributed by atoms with Crippen LogP contribution in [0.25, 0.3) is 0 Å². The van der Waals surface area contributed by atoms with Crippen molar-refractivity contribution >= 4 is 34.0 Å². The van der Waals surface area contributed by atoms with Crippen LogP contribution in [0.3, 0.4) is 0 Å². The number of sulfonamides is 1. The zero-order chi connectivity index (χ0) is 20.8. The molecule has 0 unspecified atom stereocenters. The van der Waals surface area contributed by atoms with Gasteiger partial charge in [0.25, 0.3) is 5.91 Å². The van der Waals surface area contributed by atoms with Gasteiger partial charge >= 0.3 is 0 Å². The normalized spacial score (nSPS) is 22.4. The number of piperidine rings is 1. The number of fused-ring (bicyclic) bond motifs is 2. The number of rotatable bonds is 2. The first-order valence-corrected chi connectivity index (χ1v) is 10.9. The number of ether oxygens (including phenoxy) is 1. The van der Waals surface area contributed by atoms with Gasteiger partial charge in [0.1, 0.15) is 10.7 Å². The fraction of sp³-hybridized carbons (Fsp3) is 0.421. The number of anilines is 1. The first-order chi connectivity index (χ1) is 13.8. The summed E-state index contributed by atoms with van der Waals surface area (Å²) in [5, 5.41) is 5.93. The Labute approximate surface area is 180 Å². The Morgan fingerprint density at radius 2 is 2.13 bits per heavy atom. The minimum atomic E-state index is -3.85. The smallest absolute Gasteiger partial charge is 0.276 e. The number of aryl methyl sites for hydroxylation is 2. The number of carbonyl (C=O) groups is 1. The second-order valence-electron chi connectivity index (χ2n) is 7.49. The second-order valence-corrected chi connectivity index (χ2v) is 9.17. The van der Waals surface area contributed by atoms with Crippen molar-refractivity contribution in [3.63, 3.8) is 0 Å². The Morgan fingerprint density at radius 1 is 1.37 bits per heavy atom. The average molecular weight is 459 g/mol. The number of hydrogen-bond donors (Lipinski definition) is 3. The van der Waals surface area contributed by atoms with Gasteiger partial charge in [0.2, 0.25) is 10.0 Å². The molecule has 1 amide bonds. The van der Waals surface area contributed by atoms with Crippen molar-refractivity contribution in [3.8, 4) is 5.75 Å². The fourth-order valence-corrected chi connectivity index (χ4v) is 5.32. The third-order valence-electron chi connectivity index (χ3n) is 5.38. The predicted octanol–water partition coefficient (Wildman–Crippen LogP) is 1.80. The Balaban J connectivity index is 0.00000256. The minimum Gasteiger partial charge on any atom is -0.489 e. The Kier molecular flexibility index (Phi) is 6.42. The van der Waals surface area contributed by atoms with Crippen LogP contribution in [0.1, 0.15) is 22.5 Å². The van der Waals surface area contributed by atoms with E-state index in [0.717, 1.165) is 6.54 Å². The molecule has 3 heterocycles. The van der Waals surface area contributed by atoms with Crippen molar-refractivity contribution in [2.24, 2.45) is 13.0 Å². The van der Waals surface area contributed by atoms with E-state index in [0.29, 0.717) is 24.2 Å². The molecule has 1 aromatic carbocycles. The van der Waals surface area contributed by atoms with Crippen LogP contribution in [0.5, 0.6) is 5.75 Å². The van der Waals surface area contributed by atoms with E-state index >= 15 is 0 Å². The molecule has 0 saturated carbocycles. The lowest BCUT2D eigenvalue weighted by Crippen LogP contribution is -2.52. The van der Waals surface area contributed by atoms with Gasteiger partial charge in [-0.25, -0.2) is 17.5 Å². The quantitative estimate of drug-likeness (QED) is 0.637. The zero-order valence-electron chi connectivity index (χ0n) is 16.6. The number of nitrogens with one attached hydrogen (secondary N) is 3. The SMILES string of the molecule is Cc1cc(NC(=O)c2c3c(cn2C)S(=O)(=O)N[C@H]2CCNC[C@H]2CO3)ccc1F.Cl. The van der Waals surface area contributed by atoms with E-state index in [-0.39, 0.29) is 53.1 Å². The van der Waals surface area contributed by atoms with Crippen LogP contribution >= 0.6 is 12.4 Å². The average Bonchev–Trinajstić information content (AvgIpc) is 3.00. The maximum Gasteiger partial charge on any atom is 0.276 e. The monoisotopic (exact) mass is 458 g/mol. The molecule has 11 heteroatoms. The number of nitrogens with zero attached hydrogens (tertiary/aromatic N) is 1. The fourth-order valence-electron chi connectivity index (χ4n) is 3.79. The lowest BCUT2D eigenvalue weighted by Gasteiger charge is -2.34. The molecule has 0 spiro atoms. The van der Waals surface area contributed by atoms with Crippen molar-refractivity contribution < 1.29 is 22.3 Å². The highest BCUT2D eigenvalue weighted by Gasteiger charge is 2.37. The van der Waals surface area contributed by atoms with Crippen LogP contribution in [0.2, 0.25) is 0 Å². The summed E-state index contributed by atoms with van der Waals surface area (Å²) < 4.78 is 49.4. The molecular weight excluding hydrogens is 435 g/mol. The third kappa shape index (κ3) is 4.18. The van der Waals surface area contributed by atoms with Gasteiger partial charge < -0.3 is 19.9 Å². The lowest BCUT2D eigenvalue weighted by atomic mass is 9.95. The maximum atomic E-state index is 13.5. The van der Waals surface area contributed by atoms with Crippen molar-refractivity contribution in [1.29, 1.82) is 0 Å². The van der Waals surface area contributed by atoms with Crippen molar-refractivity contribution in [3.05, 3.63) is 41.5 Å². The number of aromatic nitrogens is 1. The lowest BCUT2D eigenvalue weighted by molar-refractivity contribution is 0.101. The van der Waals surface area contributed by atoms with Gasteiger partial charge in [-0.3, -0.25) is 4.79 Å². The second kappa shape index (κ2) is 8.54. The zero-order valence-corrected chi connectivity index (χ0v) is 18.2. The van der Waals surface area contributed by atoms with Crippen LogP contribution in [-0.2, 0) is 17.1 Å². The number of amides is 1. The summed E-state index contributed by atoms with van der Waals surface area (Å²) in [4.78, 5) is 12.9. The number of halogens is 2. The highest BCUT2D eigenvalue weighted by Crippen LogP contribution is 2.34. The topological polar surface area (TPSA) is 101 Å². The van der Waals surface area contributed by atoms with E-state index in [1.165, 1.54) is 29.0 Å². The third-order valence-corrected chi connectivity index (χ3v) is 6.86. The van der Waals surface area contributed by atoms with Gasteiger partial charge in [-0.2, -0.15) is 0 Å². The Hall–Kier alpha value is -2.14. The number of hydrogen-bond acceptors (Lipinski definition) is 5. The standard InChI is InChI=1S/C19H23FN4O4S.ClH/c1-11-7-13(3-4-14(11)20)22-19(25)17-18-16(9-24(17)2)29(26,27)23-15-5-6-21-8-12(15)10-28-18;/h3-4,7,9,12,15,21,23H,5-6,8,10H2,1-2H3,(H,22,25);1H/t12-,15-;/m0./s1. The van der Waals surface area contributed by atoms with Crippen LogP contribution in [0.4, 0.5) is 10.1 Å². The summed E-state index contributed by atoms with van der Waals surface area (Å²) in [5.74, 6) is -0.917. The molecule has 1 aromatic heterocycles. The summed E-state index contributed by atoms with van der Waals surface area (Å²) in [6, 6.07) is 4.01. The van der Waals surface area contributed by atoms with E-state index < -0.39 is 15.9 Å². The minimum absolute atomic E-state index is 0. The first-order valence-electron chi connectivity index (χ1n) is 9.39. The van der Waals surface area contributed by atoms with E-state index in [1.807, 2.05) is 0 Å². The Bertz CT molecular complexity index is 1070. The Morgan fingerprint density at radius 3 is 2.87 bits per heavy atom. The largest absolute Gasteiger partial charge is 0.489 e. The summed E-state index contributed by atoms with van der Waals surface area (Å²) in [5.41, 5.74) is 0.894. The van der Waals surface area contributed by atoms with Gasteiger partial charge in [0.15, 0.2) is 11.4 Å². The molecule has 1 saturated heterocycles. The first kappa shape index (κ1) is 22.5. The van der Waals surface area contributed by atoms with E-state index in [1.54, 1.807) is 14.0 Å². The van der Waals surface area contributed by atoms with Crippen molar-refractivity contribution in [2.45, 2.75) is 24.3 Å². The highest BCUT2D eigenvalue weighted by atomic mass is 35.5. The molecule has 2 aliphatic heterocycles. The van der Waals surface area contributed by atoms with Crippen molar-refractivity contribution in [1.82, 2.24) is 14.6 Å². The summed E-state index contributed by atoms with van der Waals surface area (Å²) in [7, 11) is -2.26. The van der Waals surface area contributed by atoms with E-state index in [9.17, 15) is 17.6 Å². The summed E-state index contributed by atoms with van der Waals surface area (Å²) in [6.07, 6.45) is 2.05. The summed E-state index contributed by atoms with van der Waals surface area (Å²) >= 11 is 0. The van der Waals surface area contributed by atoms with Crippen molar-refractivity contribution in [2.75, 3.05) is 25.0 Å². The van der Waals surface area contributed by atoms with Gasteiger partial charge in [0, 0.05) is 37.4 Å². The molecule has 3 N–H and O–H groups in total. The molecule has 0 aliphatic carbocycles.